The number of halogens is 2. The van der Waals surface area contributed by atoms with Gasteiger partial charge in [0.25, 0.3) is 5.91 Å². The summed E-state index contributed by atoms with van der Waals surface area (Å²) in [6.45, 7) is 0.143. The van der Waals surface area contributed by atoms with Crippen molar-refractivity contribution in [2.24, 2.45) is 0 Å². The number of amides is 2. The first kappa shape index (κ1) is 22.2. The van der Waals surface area contributed by atoms with Crippen LogP contribution in [0.1, 0.15) is 12.3 Å². The fourth-order valence-electron chi connectivity index (χ4n) is 3.48. The number of carbonyl (C=O) groups is 2. The first-order valence-corrected chi connectivity index (χ1v) is 10.8. The van der Waals surface area contributed by atoms with E-state index in [1.54, 1.807) is 61.6 Å². The van der Waals surface area contributed by atoms with Crippen molar-refractivity contribution in [2.45, 2.75) is 18.9 Å². The minimum Gasteiger partial charge on any atom is -0.476 e. The van der Waals surface area contributed by atoms with Gasteiger partial charge in [-0.25, -0.2) is 4.98 Å². The molecule has 0 saturated heterocycles. The van der Waals surface area contributed by atoms with Gasteiger partial charge in [-0.1, -0.05) is 35.3 Å². The van der Waals surface area contributed by atoms with Crippen molar-refractivity contribution in [3.8, 4) is 17.1 Å². The molecule has 0 fully saturated rings. The number of likely N-dealkylation sites (N-methyl/N-ethyl adjacent to an activating group) is 1. The molecule has 32 heavy (non-hydrogen) atoms. The van der Waals surface area contributed by atoms with E-state index in [1.807, 2.05) is 6.07 Å². The summed E-state index contributed by atoms with van der Waals surface area (Å²) in [7, 11) is 3.32. The lowest BCUT2D eigenvalue weighted by Gasteiger charge is -2.35. The normalized spacial score (nSPS) is 15.1. The second kappa shape index (κ2) is 9.22. The highest BCUT2D eigenvalue weighted by atomic mass is 35.5. The van der Waals surface area contributed by atoms with Gasteiger partial charge in [-0.2, -0.15) is 0 Å². The number of fused-ring (bicyclic) bond motifs is 1. The topological polar surface area (TPSA) is 75.9 Å². The summed E-state index contributed by atoms with van der Waals surface area (Å²) in [5.41, 5.74) is 1.31. The number of para-hydroxylation sites is 2. The fourth-order valence-corrected chi connectivity index (χ4v) is 3.98. The minimum absolute atomic E-state index is 0.143. The SMILES string of the molecule is CN(C)C(=O)[C@H]1CN(C(=O)CCc2ncc(-c3ccc(Cl)cc3Cl)o2)c2ccccc2O1. The quantitative estimate of drug-likeness (QED) is 0.546. The van der Waals surface area contributed by atoms with E-state index in [1.165, 1.54) is 4.90 Å². The zero-order valence-corrected chi connectivity index (χ0v) is 19.1. The van der Waals surface area contributed by atoms with Gasteiger partial charge in [0.2, 0.25) is 5.91 Å². The van der Waals surface area contributed by atoms with Gasteiger partial charge in [0.15, 0.2) is 17.8 Å². The van der Waals surface area contributed by atoms with E-state index in [9.17, 15) is 9.59 Å². The second-order valence-corrected chi connectivity index (χ2v) is 8.40. The van der Waals surface area contributed by atoms with Gasteiger partial charge in [-0.3, -0.25) is 9.59 Å². The Labute approximate surface area is 195 Å². The number of hydrogen-bond acceptors (Lipinski definition) is 5. The van der Waals surface area contributed by atoms with E-state index < -0.39 is 6.10 Å². The molecule has 1 atom stereocenters. The van der Waals surface area contributed by atoms with Crippen molar-refractivity contribution in [1.29, 1.82) is 0 Å². The maximum Gasteiger partial charge on any atom is 0.265 e. The van der Waals surface area contributed by atoms with Crippen LogP contribution in [0.25, 0.3) is 11.3 Å². The molecule has 166 valence electrons. The Morgan fingerprint density at radius 3 is 2.72 bits per heavy atom. The molecule has 0 saturated carbocycles. The molecule has 0 spiro atoms. The van der Waals surface area contributed by atoms with E-state index in [-0.39, 0.29) is 24.8 Å². The van der Waals surface area contributed by atoms with Crippen LogP contribution < -0.4 is 9.64 Å². The molecule has 0 unspecified atom stereocenters. The average Bonchev–Trinajstić information content (AvgIpc) is 3.24. The van der Waals surface area contributed by atoms with Crippen LogP contribution in [0.4, 0.5) is 5.69 Å². The van der Waals surface area contributed by atoms with Crippen molar-refractivity contribution in [3.63, 3.8) is 0 Å². The van der Waals surface area contributed by atoms with E-state index >= 15 is 0 Å². The van der Waals surface area contributed by atoms with E-state index in [2.05, 4.69) is 4.98 Å². The predicted molar refractivity (Wildman–Crippen MR) is 122 cm³/mol. The number of aryl methyl sites for hydroxylation is 1. The van der Waals surface area contributed by atoms with Crippen LogP contribution in [-0.4, -0.2) is 48.4 Å². The van der Waals surface area contributed by atoms with Crippen LogP contribution in [0, 0.1) is 0 Å². The standard InChI is InChI=1S/C23H21Cl2N3O4/c1-27(2)23(30)20-13-28(17-5-3-4-6-18(17)31-20)22(29)10-9-21-26-12-19(32-21)15-8-7-14(24)11-16(15)25/h3-8,11-12,20H,9-10,13H2,1-2H3/t20-/m1/s1. The minimum atomic E-state index is -0.760. The van der Waals surface area contributed by atoms with Crippen LogP contribution in [0.3, 0.4) is 0 Å². The van der Waals surface area contributed by atoms with Crippen LogP contribution >= 0.6 is 23.2 Å². The van der Waals surface area contributed by atoms with Gasteiger partial charge in [0.1, 0.15) is 5.75 Å². The molecular weight excluding hydrogens is 453 g/mol. The van der Waals surface area contributed by atoms with E-state index in [4.69, 9.17) is 32.4 Å². The highest BCUT2D eigenvalue weighted by Gasteiger charge is 2.34. The summed E-state index contributed by atoms with van der Waals surface area (Å²) in [4.78, 5) is 32.9. The lowest BCUT2D eigenvalue weighted by molar-refractivity contribution is -0.136. The highest BCUT2D eigenvalue weighted by Crippen LogP contribution is 2.34. The number of anilines is 1. The lowest BCUT2D eigenvalue weighted by atomic mass is 10.1. The molecule has 2 aromatic carbocycles. The zero-order valence-electron chi connectivity index (χ0n) is 17.5. The van der Waals surface area contributed by atoms with Crippen LogP contribution in [0.2, 0.25) is 10.0 Å². The molecule has 7 nitrogen and oxygen atoms in total. The first-order valence-electron chi connectivity index (χ1n) is 10.0. The van der Waals surface area contributed by atoms with Crippen LogP contribution in [0.15, 0.2) is 53.1 Å². The molecule has 9 heteroatoms. The first-order chi connectivity index (χ1) is 15.3. The molecular formula is C23H21Cl2N3O4. The Morgan fingerprint density at radius 1 is 1.19 bits per heavy atom. The maximum absolute atomic E-state index is 13.1. The van der Waals surface area contributed by atoms with Gasteiger partial charge in [0.05, 0.1) is 23.5 Å². The average molecular weight is 474 g/mol. The third-order valence-corrected chi connectivity index (χ3v) is 5.64. The van der Waals surface area contributed by atoms with Crippen molar-refractivity contribution >= 4 is 40.7 Å². The number of oxazole rings is 1. The summed E-state index contributed by atoms with van der Waals surface area (Å²) in [6.07, 6.45) is 1.27. The lowest BCUT2D eigenvalue weighted by Crippen LogP contribution is -2.50. The van der Waals surface area contributed by atoms with Gasteiger partial charge >= 0.3 is 0 Å². The molecule has 0 bridgehead atoms. The number of rotatable bonds is 5. The molecule has 0 radical (unpaired) electrons. The van der Waals surface area contributed by atoms with Gasteiger partial charge < -0.3 is 19.0 Å². The maximum atomic E-state index is 13.1. The third-order valence-electron chi connectivity index (χ3n) is 5.09. The Hall–Kier alpha value is -3.03. The molecule has 2 amide bonds. The Bertz CT molecular complexity index is 1160. The number of ether oxygens (including phenoxy) is 1. The van der Waals surface area contributed by atoms with Gasteiger partial charge in [-0.05, 0) is 30.3 Å². The Balaban J connectivity index is 1.48. The molecule has 1 aromatic heterocycles. The fraction of sp³-hybridized carbons (Fsp3) is 0.261. The smallest absolute Gasteiger partial charge is 0.265 e. The van der Waals surface area contributed by atoms with Crippen LogP contribution in [-0.2, 0) is 16.0 Å². The number of benzene rings is 2. The van der Waals surface area contributed by atoms with Gasteiger partial charge in [-0.15, -0.1) is 0 Å². The summed E-state index contributed by atoms with van der Waals surface area (Å²) >= 11 is 12.2. The van der Waals surface area contributed by atoms with Crippen molar-refractivity contribution in [1.82, 2.24) is 9.88 Å². The molecule has 0 N–H and O–H groups in total. The molecule has 3 aromatic rings. The summed E-state index contributed by atoms with van der Waals surface area (Å²) < 4.78 is 11.6. The second-order valence-electron chi connectivity index (χ2n) is 7.55. The van der Waals surface area contributed by atoms with Crippen LogP contribution in [0.5, 0.6) is 5.75 Å². The summed E-state index contributed by atoms with van der Waals surface area (Å²) in [6, 6.07) is 12.3. The van der Waals surface area contributed by atoms with Crippen molar-refractivity contribution < 1.29 is 18.7 Å². The van der Waals surface area contributed by atoms with E-state index in [0.29, 0.717) is 45.1 Å². The number of aromatic nitrogens is 1. The predicted octanol–water partition coefficient (Wildman–Crippen LogP) is 4.46. The summed E-state index contributed by atoms with van der Waals surface area (Å²) in [5, 5.41) is 0.985. The van der Waals surface area contributed by atoms with Crippen molar-refractivity contribution in [3.05, 3.63) is 64.6 Å². The number of hydrogen-bond donors (Lipinski definition) is 0. The Morgan fingerprint density at radius 2 is 1.97 bits per heavy atom. The van der Waals surface area contributed by atoms with E-state index in [0.717, 1.165) is 0 Å². The third kappa shape index (κ3) is 4.59. The monoisotopic (exact) mass is 473 g/mol. The largest absolute Gasteiger partial charge is 0.476 e. The molecule has 4 rings (SSSR count). The zero-order chi connectivity index (χ0) is 22.8. The molecule has 1 aliphatic heterocycles. The van der Waals surface area contributed by atoms with Crippen molar-refractivity contribution in [2.75, 3.05) is 25.5 Å². The molecule has 1 aliphatic rings. The number of nitrogens with zero attached hydrogens (tertiary/aromatic N) is 3. The number of carbonyl (C=O) groups excluding carboxylic acids is 2. The van der Waals surface area contributed by atoms with Gasteiger partial charge in [0, 0.05) is 37.5 Å². The molecule has 2 heterocycles. The summed E-state index contributed by atoms with van der Waals surface area (Å²) in [5.74, 6) is 1.07. The highest BCUT2D eigenvalue weighted by molar-refractivity contribution is 6.36. The Kier molecular flexibility index (Phi) is 6.39. The molecule has 0 aliphatic carbocycles.